The van der Waals surface area contributed by atoms with Gasteiger partial charge < -0.3 is 21.7 Å². The van der Waals surface area contributed by atoms with E-state index in [1.165, 1.54) is 24.3 Å². The zero-order valence-corrected chi connectivity index (χ0v) is 25.9. The Kier molecular flexibility index (Phi) is 13.2. The molecule has 0 bridgehead atoms. The maximum absolute atomic E-state index is 10.3. The normalized spacial score (nSPS) is 27.9. The summed E-state index contributed by atoms with van der Waals surface area (Å²) in [4.78, 5) is 20.5. The molecule has 0 aromatic heterocycles. The summed E-state index contributed by atoms with van der Waals surface area (Å²) in [7, 11) is 0. The summed E-state index contributed by atoms with van der Waals surface area (Å²) in [5.41, 5.74) is 12.3. The molecule has 0 spiro atoms. The maximum atomic E-state index is 10.3. The Balaban J connectivity index is 0.000000187. The van der Waals surface area contributed by atoms with Crippen LogP contribution < -0.4 is 11.5 Å². The smallest absolute Gasteiger partial charge is 0.478 e. The number of benzene rings is 2. The first-order valence-corrected chi connectivity index (χ1v) is 15.5. The molecule has 6 unspecified atom stereocenters. The summed E-state index contributed by atoms with van der Waals surface area (Å²) in [6, 6.07) is 12.1. The van der Waals surface area contributed by atoms with E-state index in [2.05, 4.69) is 0 Å². The van der Waals surface area contributed by atoms with Crippen molar-refractivity contribution in [3.05, 3.63) is 59.7 Å². The number of fused-ring (bicyclic) bond motifs is 2. The number of carboxylic acid groups (broad SMARTS) is 2. The van der Waals surface area contributed by atoms with Crippen molar-refractivity contribution in [1.82, 2.24) is 0 Å². The Morgan fingerprint density at radius 3 is 1.24 bits per heavy atom. The van der Waals surface area contributed by atoms with Crippen LogP contribution in [0, 0.1) is 35.5 Å². The fourth-order valence-corrected chi connectivity index (χ4v) is 8.11. The molecule has 0 radical (unpaired) electrons. The summed E-state index contributed by atoms with van der Waals surface area (Å²) in [5, 5.41) is 16.9. The summed E-state index contributed by atoms with van der Waals surface area (Å²) in [6.07, 6.45) is 22.1. The van der Waals surface area contributed by atoms with Gasteiger partial charge in [-0.15, -0.1) is 0 Å². The monoisotopic (exact) mass is 596 g/mol. The molecule has 6 atom stereocenters. The van der Waals surface area contributed by atoms with E-state index in [0.717, 1.165) is 35.5 Å². The molecule has 7 heteroatoms. The van der Waals surface area contributed by atoms with Crippen molar-refractivity contribution in [2.75, 3.05) is 11.5 Å². The van der Waals surface area contributed by atoms with Gasteiger partial charge in [-0.2, -0.15) is 0 Å². The van der Waals surface area contributed by atoms with Crippen LogP contribution in [-0.2, 0) is 21.7 Å². The van der Waals surface area contributed by atoms with Gasteiger partial charge in [-0.25, -0.2) is 9.59 Å². The zero-order valence-electron chi connectivity index (χ0n) is 24.3. The molecule has 6 N–H and O–H groups in total. The van der Waals surface area contributed by atoms with Crippen LogP contribution in [0.4, 0.5) is 11.4 Å². The zero-order chi connectivity index (χ0) is 28.5. The van der Waals surface area contributed by atoms with Gasteiger partial charge in [0.25, 0.3) is 0 Å². The van der Waals surface area contributed by atoms with Crippen molar-refractivity contribution in [3.63, 3.8) is 0 Å². The molecule has 4 aliphatic rings. The number of anilines is 2. The van der Waals surface area contributed by atoms with Gasteiger partial charge in [0.15, 0.2) is 0 Å². The fraction of sp³-hybridized carbons (Fsp3) is 0.588. The van der Waals surface area contributed by atoms with E-state index in [-0.39, 0.29) is 32.8 Å². The quantitative estimate of drug-likeness (QED) is 0.204. The van der Waals surface area contributed by atoms with Crippen LogP contribution in [0.3, 0.4) is 0 Å². The fourth-order valence-electron chi connectivity index (χ4n) is 8.11. The summed E-state index contributed by atoms with van der Waals surface area (Å²) in [5.74, 6) is 5.05. The van der Waals surface area contributed by atoms with Crippen molar-refractivity contribution >= 4 is 23.3 Å². The molecule has 0 amide bonds. The average Bonchev–Trinajstić information content (AvgIpc) is 3.57. The van der Waals surface area contributed by atoms with E-state index in [0.29, 0.717) is 11.4 Å². The molecular weight excluding hydrogens is 548 g/mol. The van der Waals surface area contributed by atoms with Crippen LogP contribution in [0.15, 0.2) is 48.5 Å². The first-order valence-electron chi connectivity index (χ1n) is 15.5. The number of hydrogen-bond donors (Lipinski definition) is 4. The Hall–Kier alpha value is -2.31. The first-order chi connectivity index (χ1) is 19.3. The SMILES string of the molecule is C1CCC2C(C1)CCC2CCC1CCC2CCCCC21.Nc1ccc(C(=O)O)cc1.Nc1ccc(C(=O)O)cc1.[Ti+2]. The van der Waals surface area contributed by atoms with Gasteiger partial charge in [0.05, 0.1) is 11.1 Å². The van der Waals surface area contributed by atoms with E-state index >= 15 is 0 Å². The van der Waals surface area contributed by atoms with E-state index in [4.69, 9.17) is 21.7 Å². The Labute approximate surface area is 260 Å². The van der Waals surface area contributed by atoms with E-state index in [9.17, 15) is 9.59 Å². The van der Waals surface area contributed by atoms with E-state index in [1.807, 2.05) is 0 Å². The molecule has 0 aliphatic heterocycles. The van der Waals surface area contributed by atoms with Gasteiger partial charge in [0.1, 0.15) is 0 Å². The number of nitrogens with two attached hydrogens (primary N) is 2. The third kappa shape index (κ3) is 9.61. The number of carboxylic acids is 2. The largest absolute Gasteiger partial charge is 2.00 e. The van der Waals surface area contributed by atoms with Crippen LogP contribution in [0.25, 0.3) is 0 Å². The van der Waals surface area contributed by atoms with Crippen LogP contribution in [-0.4, -0.2) is 22.2 Å². The second kappa shape index (κ2) is 16.4. The van der Waals surface area contributed by atoms with Crippen LogP contribution >= 0.6 is 0 Å². The number of hydrogen-bond acceptors (Lipinski definition) is 4. The van der Waals surface area contributed by atoms with E-state index < -0.39 is 11.9 Å². The van der Waals surface area contributed by atoms with Crippen LogP contribution in [0.1, 0.15) is 111 Å². The van der Waals surface area contributed by atoms with Crippen LogP contribution in [0.5, 0.6) is 0 Å². The predicted octanol–water partition coefficient (Wildman–Crippen LogP) is 8.13. The molecule has 6 nitrogen and oxygen atoms in total. The predicted molar refractivity (Wildman–Crippen MR) is 161 cm³/mol. The topological polar surface area (TPSA) is 127 Å². The molecule has 4 aliphatic carbocycles. The molecule has 6 rings (SSSR count). The molecule has 2 aromatic carbocycles. The minimum atomic E-state index is -0.931. The summed E-state index contributed by atoms with van der Waals surface area (Å²) < 4.78 is 0. The average molecular weight is 597 g/mol. The second-order valence-electron chi connectivity index (χ2n) is 12.5. The van der Waals surface area contributed by atoms with Crippen molar-refractivity contribution < 1.29 is 41.5 Å². The number of rotatable bonds is 5. The van der Waals surface area contributed by atoms with Gasteiger partial charge in [-0.05, 0) is 135 Å². The second-order valence-corrected chi connectivity index (χ2v) is 12.5. The third-order valence-corrected chi connectivity index (χ3v) is 10.2. The first kappa shape index (κ1) is 33.2. The number of aromatic carboxylic acids is 2. The Morgan fingerprint density at radius 1 is 0.561 bits per heavy atom. The molecule has 2 aromatic rings. The van der Waals surface area contributed by atoms with Crippen LogP contribution in [0.2, 0.25) is 0 Å². The molecule has 41 heavy (non-hydrogen) atoms. The minimum absolute atomic E-state index is 0. The standard InChI is InChI=1S/C20H34.2C7H7NO2.Ti/c1-3-7-19-15(5-1)9-11-17(19)13-14-18-12-10-16-6-2-4-8-20(16)18;2*8-6-3-1-5(2-4-6)7(9)10;/h15-20H,1-14H2;2*1-4H,8H2,(H,9,10);/q;;;+2. The van der Waals surface area contributed by atoms with Gasteiger partial charge >= 0.3 is 33.7 Å². The minimum Gasteiger partial charge on any atom is -0.478 e. The molecular formula is C34H48N2O4Ti+2. The maximum Gasteiger partial charge on any atom is 2.00 e. The molecule has 220 valence electrons. The van der Waals surface area contributed by atoms with Crippen molar-refractivity contribution in [2.45, 2.75) is 89.9 Å². The van der Waals surface area contributed by atoms with Crippen molar-refractivity contribution in [2.24, 2.45) is 35.5 Å². The van der Waals surface area contributed by atoms with Gasteiger partial charge in [0.2, 0.25) is 0 Å². The van der Waals surface area contributed by atoms with Gasteiger partial charge in [-0.3, -0.25) is 0 Å². The summed E-state index contributed by atoms with van der Waals surface area (Å²) in [6.45, 7) is 0. The van der Waals surface area contributed by atoms with Gasteiger partial charge in [0, 0.05) is 11.4 Å². The Bertz CT molecular complexity index is 1000. The van der Waals surface area contributed by atoms with E-state index in [1.54, 1.807) is 114 Å². The number of nitrogen functional groups attached to an aromatic ring is 2. The third-order valence-electron chi connectivity index (χ3n) is 10.2. The van der Waals surface area contributed by atoms with Gasteiger partial charge in [-0.1, -0.05) is 38.5 Å². The Morgan fingerprint density at radius 2 is 0.902 bits per heavy atom. The molecule has 0 saturated heterocycles. The number of carbonyl (C=O) groups is 2. The van der Waals surface area contributed by atoms with Crippen molar-refractivity contribution in [1.29, 1.82) is 0 Å². The summed E-state index contributed by atoms with van der Waals surface area (Å²) >= 11 is 0. The molecule has 0 heterocycles. The molecule has 4 fully saturated rings. The molecule has 4 saturated carbocycles. The van der Waals surface area contributed by atoms with Crippen molar-refractivity contribution in [3.8, 4) is 0 Å².